The number of aryl methyl sites for hydroxylation is 1. The van der Waals surface area contributed by atoms with Gasteiger partial charge in [-0.1, -0.05) is 26.0 Å². The number of rotatable bonds is 7. The van der Waals surface area contributed by atoms with E-state index in [-0.39, 0.29) is 24.5 Å². The molecule has 1 amide bonds. The molecular weight excluding hydrogens is 277 g/mol. The van der Waals surface area contributed by atoms with E-state index in [2.05, 4.69) is 5.32 Å². The first-order valence-corrected chi connectivity index (χ1v) is 6.70. The van der Waals surface area contributed by atoms with E-state index >= 15 is 0 Å². The van der Waals surface area contributed by atoms with Crippen molar-refractivity contribution in [2.24, 2.45) is 5.92 Å². The molecule has 1 rings (SSSR count). The molecule has 0 aromatic heterocycles. The van der Waals surface area contributed by atoms with Gasteiger partial charge in [0.05, 0.1) is 7.11 Å². The lowest BCUT2D eigenvalue weighted by Crippen LogP contribution is -2.44. The van der Waals surface area contributed by atoms with Crippen LogP contribution in [0.3, 0.4) is 0 Å². The van der Waals surface area contributed by atoms with Gasteiger partial charge in [0.15, 0.2) is 11.6 Å². The molecule has 0 spiro atoms. The van der Waals surface area contributed by atoms with Crippen molar-refractivity contribution in [1.29, 1.82) is 0 Å². The molecule has 21 heavy (non-hydrogen) atoms. The van der Waals surface area contributed by atoms with Crippen LogP contribution in [0.5, 0.6) is 5.75 Å². The highest BCUT2D eigenvalue weighted by atomic mass is 19.1. The first-order chi connectivity index (χ1) is 9.86. The summed E-state index contributed by atoms with van der Waals surface area (Å²) in [6, 6.07) is 3.77. The summed E-state index contributed by atoms with van der Waals surface area (Å²) in [5, 5.41) is 11.4. The summed E-state index contributed by atoms with van der Waals surface area (Å²) in [4.78, 5) is 22.8. The average Bonchev–Trinajstić information content (AvgIpc) is 2.43. The second kappa shape index (κ2) is 7.61. The van der Waals surface area contributed by atoms with Crippen LogP contribution in [-0.4, -0.2) is 30.1 Å². The van der Waals surface area contributed by atoms with Gasteiger partial charge in [-0.2, -0.15) is 0 Å². The Kier molecular flexibility index (Phi) is 6.14. The molecule has 0 aliphatic heterocycles. The Morgan fingerprint density at radius 1 is 1.38 bits per heavy atom. The van der Waals surface area contributed by atoms with Crippen LogP contribution in [0.15, 0.2) is 18.2 Å². The molecule has 0 aliphatic rings. The minimum absolute atomic E-state index is 0.0145. The molecule has 0 saturated heterocycles. The first kappa shape index (κ1) is 16.9. The highest BCUT2D eigenvalue weighted by Gasteiger charge is 2.23. The van der Waals surface area contributed by atoms with Crippen LogP contribution in [-0.2, 0) is 16.0 Å². The fourth-order valence-corrected chi connectivity index (χ4v) is 1.91. The fourth-order valence-electron chi connectivity index (χ4n) is 1.91. The number of carboxylic acid groups (broad SMARTS) is 1. The van der Waals surface area contributed by atoms with Crippen molar-refractivity contribution in [3.8, 4) is 5.75 Å². The Morgan fingerprint density at radius 2 is 2.05 bits per heavy atom. The van der Waals surface area contributed by atoms with Gasteiger partial charge in [-0.05, 0) is 24.0 Å². The van der Waals surface area contributed by atoms with Crippen molar-refractivity contribution in [3.05, 3.63) is 29.6 Å². The van der Waals surface area contributed by atoms with Crippen molar-refractivity contribution >= 4 is 11.9 Å². The zero-order valence-electron chi connectivity index (χ0n) is 12.4. The van der Waals surface area contributed by atoms with Crippen LogP contribution in [0.4, 0.5) is 4.39 Å². The number of nitrogens with one attached hydrogen (secondary N) is 1. The van der Waals surface area contributed by atoms with Crippen molar-refractivity contribution in [2.45, 2.75) is 32.7 Å². The third kappa shape index (κ3) is 4.73. The maximum atomic E-state index is 13.9. The maximum Gasteiger partial charge on any atom is 0.326 e. The van der Waals surface area contributed by atoms with Gasteiger partial charge in [-0.15, -0.1) is 0 Å². The number of methoxy groups -OCH3 is 1. The molecule has 1 aromatic rings. The average molecular weight is 297 g/mol. The lowest BCUT2D eigenvalue weighted by molar-refractivity contribution is -0.143. The summed E-state index contributed by atoms with van der Waals surface area (Å²) in [5.74, 6) is -2.09. The summed E-state index contributed by atoms with van der Waals surface area (Å²) in [6.07, 6.45) is 0.194. The molecule has 0 radical (unpaired) electrons. The molecule has 116 valence electrons. The molecule has 0 fully saturated rings. The van der Waals surface area contributed by atoms with E-state index in [0.29, 0.717) is 5.56 Å². The maximum absolute atomic E-state index is 13.9. The number of hydrogen-bond donors (Lipinski definition) is 2. The second-order valence-electron chi connectivity index (χ2n) is 5.06. The van der Waals surface area contributed by atoms with Gasteiger partial charge in [0, 0.05) is 6.42 Å². The van der Waals surface area contributed by atoms with E-state index in [4.69, 9.17) is 9.84 Å². The Balaban J connectivity index is 2.63. The number of carbonyl (C=O) groups is 2. The highest BCUT2D eigenvalue weighted by Crippen LogP contribution is 2.20. The Bertz CT molecular complexity index is 516. The molecule has 1 aromatic carbocycles. The molecule has 2 N–H and O–H groups in total. The minimum atomic E-state index is -1.08. The molecule has 0 unspecified atom stereocenters. The number of carboxylic acids is 1. The number of carbonyl (C=O) groups excluding carboxylic acids is 1. The summed E-state index contributed by atoms with van der Waals surface area (Å²) < 4.78 is 18.8. The number of hydrogen-bond acceptors (Lipinski definition) is 3. The van der Waals surface area contributed by atoms with Crippen molar-refractivity contribution in [1.82, 2.24) is 5.32 Å². The summed E-state index contributed by atoms with van der Waals surface area (Å²) >= 11 is 0. The van der Waals surface area contributed by atoms with Crippen molar-refractivity contribution in [3.63, 3.8) is 0 Å². The largest absolute Gasteiger partial charge is 0.494 e. The van der Waals surface area contributed by atoms with Crippen LogP contribution in [0.1, 0.15) is 25.8 Å². The summed E-state index contributed by atoms with van der Waals surface area (Å²) in [7, 11) is 1.37. The predicted octanol–water partition coefficient (Wildman–Crippen LogP) is 1.99. The number of benzene rings is 1. The zero-order chi connectivity index (χ0) is 16.0. The Morgan fingerprint density at radius 3 is 2.57 bits per heavy atom. The topological polar surface area (TPSA) is 75.6 Å². The molecule has 0 heterocycles. The van der Waals surface area contributed by atoms with Gasteiger partial charge in [-0.3, -0.25) is 4.79 Å². The second-order valence-corrected chi connectivity index (χ2v) is 5.06. The highest BCUT2D eigenvalue weighted by molar-refractivity contribution is 5.83. The molecule has 1 atom stereocenters. The number of amides is 1. The van der Waals surface area contributed by atoms with Crippen LogP contribution < -0.4 is 10.1 Å². The van der Waals surface area contributed by atoms with Gasteiger partial charge >= 0.3 is 5.97 Å². The smallest absolute Gasteiger partial charge is 0.326 e. The van der Waals surface area contributed by atoms with Crippen molar-refractivity contribution < 1.29 is 23.8 Å². The molecule has 0 bridgehead atoms. The molecule has 0 saturated carbocycles. The third-order valence-corrected chi connectivity index (χ3v) is 3.13. The third-order valence-electron chi connectivity index (χ3n) is 3.13. The van der Waals surface area contributed by atoms with E-state index in [1.54, 1.807) is 26.0 Å². The lowest BCUT2D eigenvalue weighted by Gasteiger charge is -2.17. The number of halogens is 1. The molecule has 0 aliphatic carbocycles. The van der Waals surface area contributed by atoms with E-state index in [1.165, 1.54) is 13.2 Å². The molecular formula is C15H20FNO4. The van der Waals surface area contributed by atoms with Crippen LogP contribution in [0, 0.1) is 11.7 Å². The first-order valence-electron chi connectivity index (χ1n) is 6.70. The summed E-state index contributed by atoms with van der Waals surface area (Å²) in [6.45, 7) is 3.42. The van der Waals surface area contributed by atoms with E-state index in [1.807, 2.05) is 0 Å². The Hall–Kier alpha value is -2.11. The van der Waals surface area contributed by atoms with Gasteiger partial charge in [-0.25, -0.2) is 9.18 Å². The monoisotopic (exact) mass is 297 g/mol. The number of aliphatic carboxylic acids is 1. The van der Waals surface area contributed by atoms with Gasteiger partial charge in [0.1, 0.15) is 6.04 Å². The van der Waals surface area contributed by atoms with Gasteiger partial charge in [0.2, 0.25) is 5.91 Å². The van der Waals surface area contributed by atoms with Crippen LogP contribution >= 0.6 is 0 Å². The van der Waals surface area contributed by atoms with Gasteiger partial charge < -0.3 is 15.2 Å². The van der Waals surface area contributed by atoms with Gasteiger partial charge in [0.25, 0.3) is 0 Å². The number of ether oxygens (including phenoxy) is 1. The molecule has 5 nitrogen and oxygen atoms in total. The van der Waals surface area contributed by atoms with E-state index in [9.17, 15) is 14.0 Å². The van der Waals surface area contributed by atoms with Crippen molar-refractivity contribution in [2.75, 3.05) is 7.11 Å². The standard InChI is InChI=1S/C15H20FNO4/c1-9(2)14(15(19)20)17-12(18)8-7-10-5-4-6-11(21-3)13(10)16/h4-6,9,14H,7-8H2,1-3H3,(H,17,18)(H,19,20)/t14-/m1/s1. The van der Waals surface area contributed by atoms with Crippen LogP contribution in [0.2, 0.25) is 0 Å². The van der Waals surface area contributed by atoms with E-state index in [0.717, 1.165) is 0 Å². The fraction of sp³-hybridized carbons (Fsp3) is 0.467. The SMILES string of the molecule is COc1cccc(CCC(=O)N[C@@H](C(=O)O)C(C)C)c1F. The summed E-state index contributed by atoms with van der Waals surface area (Å²) in [5.41, 5.74) is 0.362. The minimum Gasteiger partial charge on any atom is -0.494 e. The van der Waals surface area contributed by atoms with E-state index < -0.39 is 23.7 Å². The predicted molar refractivity (Wildman–Crippen MR) is 75.7 cm³/mol. The lowest BCUT2D eigenvalue weighted by atomic mass is 10.0. The Labute approximate surface area is 123 Å². The quantitative estimate of drug-likeness (QED) is 0.807. The molecule has 6 heteroatoms. The normalized spacial score (nSPS) is 12.0. The zero-order valence-corrected chi connectivity index (χ0v) is 12.4. The van der Waals surface area contributed by atoms with Crippen LogP contribution in [0.25, 0.3) is 0 Å².